The first-order valence-corrected chi connectivity index (χ1v) is 9.78. The minimum atomic E-state index is -4.55. The fraction of sp³-hybridized carbons (Fsp3) is 0.238. The van der Waals surface area contributed by atoms with E-state index in [9.17, 15) is 23.1 Å². The summed E-state index contributed by atoms with van der Waals surface area (Å²) in [6.07, 6.45) is -3.74. The van der Waals surface area contributed by atoms with E-state index < -0.39 is 24.2 Å². The van der Waals surface area contributed by atoms with Gasteiger partial charge in [-0.15, -0.1) is 0 Å². The number of alkyl halides is 3. The van der Waals surface area contributed by atoms with Crippen molar-refractivity contribution in [2.75, 3.05) is 10.6 Å². The van der Waals surface area contributed by atoms with Gasteiger partial charge in [0.2, 0.25) is 0 Å². The number of carbonyl (C=O) groups is 1. The first-order chi connectivity index (χ1) is 14.6. The molecule has 0 aliphatic carbocycles. The molecule has 0 spiro atoms. The molecular formula is C21H18ClF3N4O2. The van der Waals surface area contributed by atoms with Gasteiger partial charge < -0.3 is 15.7 Å². The number of fused-ring (bicyclic) bond motifs is 1. The van der Waals surface area contributed by atoms with Crippen LogP contribution in [0.1, 0.15) is 40.0 Å². The van der Waals surface area contributed by atoms with E-state index in [0.29, 0.717) is 5.56 Å². The minimum Gasteiger partial charge on any atom is -0.506 e. The summed E-state index contributed by atoms with van der Waals surface area (Å²) in [4.78, 5) is 12.8. The third-order valence-electron chi connectivity index (χ3n) is 5.17. The molecule has 1 aliphatic rings. The molecule has 0 radical (unpaired) electrons. The van der Waals surface area contributed by atoms with Crippen molar-refractivity contribution in [3.8, 4) is 5.75 Å². The van der Waals surface area contributed by atoms with E-state index in [1.807, 2.05) is 19.1 Å². The van der Waals surface area contributed by atoms with Crippen LogP contribution in [0.15, 0.2) is 48.7 Å². The van der Waals surface area contributed by atoms with Gasteiger partial charge in [0.05, 0.1) is 17.9 Å². The third-order valence-corrected chi connectivity index (χ3v) is 5.40. The van der Waals surface area contributed by atoms with E-state index in [0.717, 1.165) is 16.4 Å². The van der Waals surface area contributed by atoms with E-state index in [-0.39, 0.29) is 34.3 Å². The number of halogens is 4. The van der Waals surface area contributed by atoms with Crippen LogP contribution < -0.4 is 10.6 Å². The Morgan fingerprint density at radius 3 is 2.65 bits per heavy atom. The van der Waals surface area contributed by atoms with E-state index in [2.05, 4.69) is 15.7 Å². The summed E-state index contributed by atoms with van der Waals surface area (Å²) in [5, 5.41) is 19.5. The highest BCUT2D eigenvalue weighted by Crippen LogP contribution is 2.44. The molecule has 3 aromatic rings. The highest BCUT2D eigenvalue weighted by molar-refractivity contribution is 6.31. The number of aryl methyl sites for hydroxylation is 1. The number of nitrogens with one attached hydrogen (secondary N) is 2. The molecule has 6 nitrogen and oxygen atoms in total. The molecule has 1 aromatic heterocycles. The van der Waals surface area contributed by atoms with Crippen molar-refractivity contribution >= 4 is 29.0 Å². The van der Waals surface area contributed by atoms with Crippen LogP contribution in [0.2, 0.25) is 5.02 Å². The van der Waals surface area contributed by atoms with Crippen molar-refractivity contribution in [3.63, 3.8) is 0 Å². The molecule has 0 unspecified atom stereocenters. The normalized spacial score (nSPS) is 18.2. The molecule has 4 rings (SSSR count). The smallest absolute Gasteiger partial charge is 0.410 e. The minimum absolute atomic E-state index is 0.0377. The lowest BCUT2D eigenvalue weighted by atomic mass is 9.96. The fourth-order valence-electron chi connectivity index (χ4n) is 3.54. The maximum Gasteiger partial charge on any atom is 0.410 e. The van der Waals surface area contributed by atoms with Crippen molar-refractivity contribution in [1.82, 2.24) is 9.78 Å². The molecule has 31 heavy (non-hydrogen) atoms. The van der Waals surface area contributed by atoms with Gasteiger partial charge >= 0.3 is 6.18 Å². The lowest BCUT2D eigenvalue weighted by molar-refractivity contribution is -0.173. The number of hydrogen-bond acceptors (Lipinski definition) is 4. The SMILES string of the molecule is Cc1ccc([C@H]2C[C@@H](C(F)(F)F)n3ncc(C(=O)Nc4cc(Cl)ccc4O)c3N2)cc1. The molecule has 162 valence electrons. The molecule has 0 bridgehead atoms. The van der Waals surface area contributed by atoms with Gasteiger partial charge in [-0.05, 0) is 30.7 Å². The van der Waals surface area contributed by atoms with Crippen molar-refractivity contribution in [2.45, 2.75) is 31.6 Å². The molecule has 3 N–H and O–H groups in total. The van der Waals surface area contributed by atoms with Crippen LogP contribution in [0.4, 0.5) is 24.7 Å². The van der Waals surface area contributed by atoms with Crippen LogP contribution in [0.3, 0.4) is 0 Å². The summed E-state index contributed by atoms with van der Waals surface area (Å²) in [5.74, 6) is -0.993. The van der Waals surface area contributed by atoms with E-state index in [1.165, 1.54) is 18.2 Å². The highest BCUT2D eigenvalue weighted by Gasteiger charge is 2.47. The van der Waals surface area contributed by atoms with Gasteiger partial charge in [0.25, 0.3) is 5.91 Å². The maximum absolute atomic E-state index is 13.8. The molecule has 0 saturated heterocycles. The molecular weight excluding hydrogens is 433 g/mol. The zero-order valence-corrected chi connectivity index (χ0v) is 17.0. The van der Waals surface area contributed by atoms with E-state index >= 15 is 0 Å². The number of phenols is 1. The molecule has 10 heteroatoms. The summed E-state index contributed by atoms with van der Waals surface area (Å²) in [6, 6.07) is 8.69. The number of aromatic hydroxyl groups is 1. The summed E-state index contributed by atoms with van der Waals surface area (Å²) in [7, 11) is 0. The van der Waals surface area contributed by atoms with Crippen LogP contribution in [-0.2, 0) is 0 Å². The second kappa shape index (κ2) is 7.81. The number of hydrogen-bond donors (Lipinski definition) is 3. The predicted molar refractivity (Wildman–Crippen MR) is 111 cm³/mol. The third kappa shape index (κ3) is 4.18. The molecule has 1 aliphatic heterocycles. The standard InChI is InChI=1S/C21H18ClF3N4O2/c1-11-2-4-12(5-3-11)15-9-18(21(23,24)25)29-19(27-15)14(10-26-29)20(31)28-16-8-13(22)6-7-17(16)30/h2-8,10,15,18,27,30H,9H2,1H3,(H,28,31)/t15-,18+/m1/s1. The number of anilines is 2. The Morgan fingerprint density at radius 1 is 1.26 bits per heavy atom. The Morgan fingerprint density at radius 2 is 1.97 bits per heavy atom. The zero-order chi connectivity index (χ0) is 22.3. The van der Waals surface area contributed by atoms with Gasteiger partial charge in [-0.3, -0.25) is 4.79 Å². The Labute approximate surface area is 180 Å². The topological polar surface area (TPSA) is 79.2 Å². The Balaban J connectivity index is 1.70. The molecule has 2 aromatic carbocycles. The van der Waals surface area contributed by atoms with Crippen molar-refractivity contribution in [3.05, 3.63) is 70.4 Å². The first kappa shape index (κ1) is 21.0. The predicted octanol–water partition coefficient (Wildman–Crippen LogP) is 5.46. The number of rotatable bonds is 3. The lowest BCUT2D eigenvalue weighted by Crippen LogP contribution is -2.36. The number of amides is 1. The maximum atomic E-state index is 13.8. The van der Waals surface area contributed by atoms with Gasteiger partial charge in [-0.1, -0.05) is 41.4 Å². The molecule has 2 heterocycles. The monoisotopic (exact) mass is 450 g/mol. The van der Waals surface area contributed by atoms with Gasteiger partial charge in [-0.25, -0.2) is 4.68 Å². The lowest BCUT2D eigenvalue weighted by Gasteiger charge is -2.34. The second-order valence-electron chi connectivity index (χ2n) is 7.37. The zero-order valence-electron chi connectivity index (χ0n) is 16.2. The number of aromatic nitrogens is 2. The highest BCUT2D eigenvalue weighted by atomic mass is 35.5. The summed E-state index contributed by atoms with van der Waals surface area (Å²) in [5.41, 5.74) is 1.62. The Bertz CT molecular complexity index is 1130. The first-order valence-electron chi connectivity index (χ1n) is 9.40. The summed E-state index contributed by atoms with van der Waals surface area (Å²) >= 11 is 5.89. The van der Waals surface area contributed by atoms with Crippen LogP contribution >= 0.6 is 11.6 Å². The van der Waals surface area contributed by atoms with Crippen LogP contribution in [-0.4, -0.2) is 27.0 Å². The number of benzene rings is 2. The van der Waals surface area contributed by atoms with E-state index in [1.54, 1.807) is 12.1 Å². The van der Waals surface area contributed by atoms with Gasteiger partial charge in [0, 0.05) is 11.4 Å². The van der Waals surface area contributed by atoms with Crippen LogP contribution in [0, 0.1) is 6.92 Å². The van der Waals surface area contributed by atoms with Crippen molar-refractivity contribution in [2.24, 2.45) is 0 Å². The Kier molecular flexibility index (Phi) is 5.30. The summed E-state index contributed by atoms with van der Waals surface area (Å²) < 4.78 is 42.2. The fourth-order valence-corrected chi connectivity index (χ4v) is 3.72. The van der Waals surface area contributed by atoms with Crippen LogP contribution in [0.5, 0.6) is 5.75 Å². The molecule has 1 amide bonds. The summed E-state index contributed by atoms with van der Waals surface area (Å²) in [6.45, 7) is 1.89. The second-order valence-corrected chi connectivity index (χ2v) is 7.80. The number of phenolic OH excluding ortho intramolecular Hbond substituents is 1. The molecule has 0 fully saturated rings. The average Bonchev–Trinajstić information content (AvgIpc) is 3.14. The van der Waals surface area contributed by atoms with Gasteiger partial charge in [0.1, 0.15) is 17.1 Å². The van der Waals surface area contributed by atoms with Crippen molar-refractivity contribution in [1.29, 1.82) is 0 Å². The quantitative estimate of drug-likeness (QED) is 0.463. The van der Waals surface area contributed by atoms with Gasteiger partial charge in [-0.2, -0.15) is 18.3 Å². The Hall–Kier alpha value is -3.20. The molecule has 2 atom stereocenters. The number of carbonyl (C=O) groups excluding carboxylic acids is 1. The van der Waals surface area contributed by atoms with Crippen LogP contribution in [0.25, 0.3) is 0 Å². The largest absolute Gasteiger partial charge is 0.506 e. The van der Waals surface area contributed by atoms with E-state index in [4.69, 9.17) is 11.6 Å². The average molecular weight is 451 g/mol. The van der Waals surface area contributed by atoms with Crippen molar-refractivity contribution < 1.29 is 23.1 Å². The number of nitrogens with zero attached hydrogens (tertiary/aromatic N) is 2. The van der Waals surface area contributed by atoms with Gasteiger partial charge in [0.15, 0.2) is 6.04 Å². The molecule has 0 saturated carbocycles.